The normalized spacial score (nSPS) is 21.0. The molecule has 0 aromatic carbocycles. The Morgan fingerprint density at radius 2 is 1.67 bits per heavy atom. The average molecular weight is 215 g/mol. The van der Waals surface area contributed by atoms with Gasteiger partial charge in [-0.2, -0.15) is 0 Å². The van der Waals surface area contributed by atoms with Crippen molar-refractivity contribution in [2.45, 2.75) is 53.6 Å². The summed E-state index contributed by atoms with van der Waals surface area (Å²) in [5, 5.41) is 9.89. The molecule has 1 saturated heterocycles. The number of rotatable bonds is 3. The largest absolute Gasteiger partial charge is 0.393 e. The van der Waals surface area contributed by atoms with Gasteiger partial charge in [0.2, 0.25) is 0 Å². The van der Waals surface area contributed by atoms with E-state index in [1.165, 1.54) is 25.9 Å². The Bertz CT molecular complexity index is 139. The predicted molar refractivity (Wildman–Crippen MR) is 67.0 cm³/mol. The number of aliphatic hydroxyl groups excluding tert-OH is 1. The highest BCUT2D eigenvalue weighted by Gasteiger charge is 2.26. The Hall–Kier alpha value is -0.0800. The number of likely N-dealkylation sites (tertiary alicyclic amines) is 1. The summed E-state index contributed by atoms with van der Waals surface area (Å²) in [7, 11) is 0. The minimum Gasteiger partial charge on any atom is -0.393 e. The fraction of sp³-hybridized carbons (Fsp3) is 1.00. The number of hydrogen-bond donors (Lipinski definition) is 1. The fourth-order valence-corrected chi connectivity index (χ4v) is 2.16. The van der Waals surface area contributed by atoms with Crippen molar-refractivity contribution in [2.24, 2.45) is 11.8 Å². The van der Waals surface area contributed by atoms with E-state index < -0.39 is 0 Å². The van der Waals surface area contributed by atoms with Crippen LogP contribution in [0.1, 0.15) is 47.5 Å². The first kappa shape index (κ1) is 14.9. The number of piperidine rings is 1. The monoisotopic (exact) mass is 215 g/mol. The molecule has 0 spiro atoms. The Morgan fingerprint density at radius 1 is 1.20 bits per heavy atom. The molecule has 1 atom stereocenters. The van der Waals surface area contributed by atoms with Crippen molar-refractivity contribution in [3.63, 3.8) is 0 Å². The van der Waals surface area contributed by atoms with Gasteiger partial charge in [-0.05, 0) is 44.3 Å². The van der Waals surface area contributed by atoms with Crippen LogP contribution >= 0.6 is 0 Å². The van der Waals surface area contributed by atoms with Crippen LogP contribution in [0.15, 0.2) is 0 Å². The molecule has 0 bridgehead atoms. The zero-order chi connectivity index (χ0) is 11.8. The quantitative estimate of drug-likeness (QED) is 0.782. The molecule has 1 unspecified atom stereocenters. The van der Waals surface area contributed by atoms with E-state index >= 15 is 0 Å². The minimum atomic E-state index is -0.0843. The molecule has 0 aliphatic carbocycles. The van der Waals surface area contributed by atoms with Gasteiger partial charge >= 0.3 is 0 Å². The van der Waals surface area contributed by atoms with Crippen molar-refractivity contribution in [1.82, 2.24) is 4.90 Å². The van der Waals surface area contributed by atoms with E-state index in [0.29, 0.717) is 11.8 Å². The molecule has 1 aliphatic rings. The summed E-state index contributed by atoms with van der Waals surface area (Å²) in [6, 6.07) is 0. The van der Waals surface area contributed by atoms with Crippen molar-refractivity contribution in [1.29, 1.82) is 0 Å². The molecule has 2 heteroatoms. The lowest BCUT2D eigenvalue weighted by atomic mass is 9.86. The van der Waals surface area contributed by atoms with Crippen molar-refractivity contribution >= 4 is 0 Å². The van der Waals surface area contributed by atoms with Crippen LogP contribution < -0.4 is 0 Å². The third kappa shape index (κ3) is 4.98. The summed E-state index contributed by atoms with van der Waals surface area (Å²) in [6.45, 7) is 13.9. The molecule has 2 nitrogen and oxygen atoms in total. The number of hydrogen-bond acceptors (Lipinski definition) is 2. The molecule has 15 heavy (non-hydrogen) atoms. The maximum absolute atomic E-state index is 9.89. The van der Waals surface area contributed by atoms with Crippen molar-refractivity contribution in [3.8, 4) is 0 Å². The minimum absolute atomic E-state index is 0.0843. The van der Waals surface area contributed by atoms with Crippen LogP contribution in [0, 0.1) is 11.8 Å². The Labute approximate surface area is 95.7 Å². The van der Waals surface area contributed by atoms with Crippen LogP contribution in [0.2, 0.25) is 0 Å². The molecule has 0 saturated carbocycles. The van der Waals surface area contributed by atoms with Gasteiger partial charge in [0.25, 0.3) is 0 Å². The second-order valence-corrected chi connectivity index (χ2v) is 4.51. The van der Waals surface area contributed by atoms with Crippen LogP contribution in [0.25, 0.3) is 0 Å². The topological polar surface area (TPSA) is 23.5 Å². The number of aliphatic hydroxyl groups is 1. The van der Waals surface area contributed by atoms with Gasteiger partial charge in [0.15, 0.2) is 0 Å². The average Bonchev–Trinajstić information content (AvgIpc) is 2.31. The molecular weight excluding hydrogens is 186 g/mol. The van der Waals surface area contributed by atoms with Crippen LogP contribution in [0.5, 0.6) is 0 Å². The SMILES string of the molecule is CC.CCN1CCC(C(O)C(C)C)CC1. The van der Waals surface area contributed by atoms with Crippen LogP contribution in [-0.4, -0.2) is 35.7 Å². The lowest BCUT2D eigenvalue weighted by Gasteiger charge is -2.34. The summed E-state index contributed by atoms with van der Waals surface area (Å²) in [5.41, 5.74) is 0. The molecule has 1 aliphatic heterocycles. The van der Waals surface area contributed by atoms with Gasteiger partial charge in [0.1, 0.15) is 0 Å². The third-order valence-corrected chi connectivity index (χ3v) is 3.25. The van der Waals surface area contributed by atoms with Crippen molar-refractivity contribution < 1.29 is 5.11 Å². The highest BCUT2D eigenvalue weighted by atomic mass is 16.3. The van der Waals surface area contributed by atoms with Gasteiger partial charge in [0.05, 0.1) is 6.10 Å². The predicted octanol–water partition coefficient (Wildman–Crippen LogP) is 2.76. The first-order valence-electron chi connectivity index (χ1n) is 6.55. The Morgan fingerprint density at radius 3 is 2.00 bits per heavy atom. The maximum Gasteiger partial charge on any atom is 0.0592 e. The first-order valence-corrected chi connectivity index (χ1v) is 6.55. The Kier molecular flexibility index (Phi) is 8.07. The lowest BCUT2D eigenvalue weighted by Crippen LogP contribution is -2.39. The zero-order valence-corrected chi connectivity index (χ0v) is 11.2. The zero-order valence-electron chi connectivity index (χ0n) is 11.2. The second-order valence-electron chi connectivity index (χ2n) is 4.51. The van der Waals surface area contributed by atoms with Crippen molar-refractivity contribution in [3.05, 3.63) is 0 Å². The molecule has 0 radical (unpaired) electrons. The van der Waals surface area contributed by atoms with Gasteiger partial charge in [-0.25, -0.2) is 0 Å². The molecular formula is C13H29NO. The lowest BCUT2D eigenvalue weighted by molar-refractivity contribution is 0.0294. The Balaban J connectivity index is 0.000000921. The molecule has 1 N–H and O–H groups in total. The molecule has 92 valence electrons. The summed E-state index contributed by atoms with van der Waals surface area (Å²) >= 11 is 0. The molecule has 1 fully saturated rings. The number of nitrogens with zero attached hydrogens (tertiary/aromatic N) is 1. The molecule has 0 aromatic rings. The maximum atomic E-state index is 9.89. The highest BCUT2D eigenvalue weighted by molar-refractivity contribution is 4.78. The van der Waals surface area contributed by atoms with Gasteiger partial charge in [0, 0.05) is 0 Å². The van der Waals surface area contributed by atoms with Gasteiger partial charge in [-0.3, -0.25) is 0 Å². The molecule has 0 amide bonds. The molecule has 1 rings (SSSR count). The van der Waals surface area contributed by atoms with Gasteiger partial charge < -0.3 is 10.0 Å². The van der Waals surface area contributed by atoms with Crippen molar-refractivity contribution in [2.75, 3.05) is 19.6 Å². The summed E-state index contributed by atoms with van der Waals surface area (Å²) in [5.74, 6) is 0.959. The summed E-state index contributed by atoms with van der Waals surface area (Å²) < 4.78 is 0. The first-order chi connectivity index (χ1) is 7.15. The highest BCUT2D eigenvalue weighted by Crippen LogP contribution is 2.24. The summed E-state index contributed by atoms with van der Waals surface area (Å²) in [4.78, 5) is 2.46. The van der Waals surface area contributed by atoms with E-state index in [4.69, 9.17) is 0 Å². The van der Waals surface area contributed by atoms with E-state index in [9.17, 15) is 5.11 Å². The fourth-order valence-electron chi connectivity index (χ4n) is 2.16. The van der Waals surface area contributed by atoms with E-state index in [-0.39, 0.29) is 6.10 Å². The van der Waals surface area contributed by atoms with Gasteiger partial charge in [-0.1, -0.05) is 34.6 Å². The van der Waals surface area contributed by atoms with E-state index in [0.717, 1.165) is 6.54 Å². The van der Waals surface area contributed by atoms with Crippen LogP contribution in [0.3, 0.4) is 0 Å². The van der Waals surface area contributed by atoms with E-state index in [1.54, 1.807) is 0 Å². The van der Waals surface area contributed by atoms with E-state index in [1.807, 2.05) is 13.8 Å². The van der Waals surface area contributed by atoms with Gasteiger partial charge in [-0.15, -0.1) is 0 Å². The third-order valence-electron chi connectivity index (χ3n) is 3.25. The second kappa shape index (κ2) is 8.12. The standard InChI is InChI=1S/C11H23NO.C2H6/c1-4-12-7-5-10(6-8-12)11(13)9(2)3;1-2/h9-11,13H,4-8H2,1-3H3;1-2H3. The molecule has 1 heterocycles. The van der Waals surface area contributed by atoms with Crippen LogP contribution in [0.4, 0.5) is 0 Å². The van der Waals surface area contributed by atoms with E-state index in [2.05, 4.69) is 25.7 Å². The summed E-state index contributed by atoms with van der Waals surface area (Å²) in [6.07, 6.45) is 2.26. The molecule has 0 aromatic heterocycles. The van der Waals surface area contributed by atoms with Crippen LogP contribution in [-0.2, 0) is 0 Å². The smallest absolute Gasteiger partial charge is 0.0592 e.